The Balaban J connectivity index is 1.84. The molecular formula is C38H45N3O4S. The van der Waals surface area contributed by atoms with E-state index in [1.54, 1.807) is 41.3 Å². The van der Waals surface area contributed by atoms with Crippen LogP contribution in [0.1, 0.15) is 47.2 Å². The number of hydrogen-bond acceptors (Lipinski definition) is 4. The molecule has 2 amide bonds. The molecule has 0 bridgehead atoms. The average Bonchev–Trinajstić information content (AvgIpc) is 3.03. The molecule has 0 saturated carbocycles. The lowest BCUT2D eigenvalue weighted by Crippen LogP contribution is -2.54. The second-order valence-electron chi connectivity index (χ2n) is 12.3. The van der Waals surface area contributed by atoms with Gasteiger partial charge in [-0.15, -0.1) is 0 Å². The molecule has 0 aliphatic carbocycles. The lowest BCUT2D eigenvalue weighted by atomic mass is 10.0. The third-order valence-corrected chi connectivity index (χ3v) is 10.1. The predicted octanol–water partition coefficient (Wildman–Crippen LogP) is 6.53. The van der Waals surface area contributed by atoms with E-state index < -0.39 is 28.5 Å². The van der Waals surface area contributed by atoms with Crippen LogP contribution in [0, 0.1) is 33.6 Å². The van der Waals surface area contributed by atoms with Crippen molar-refractivity contribution >= 4 is 27.5 Å². The number of nitrogens with zero attached hydrogens (tertiary/aromatic N) is 2. The Morgan fingerprint density at radius 2 is 1.39 bits per heavy atom. The van der Waals surface area contributed by atoms with Gasteiger partial charge in [0, 0.05) is 19.5 Å². The van der Waals surface area contributed by atoms with Gasteiger partial charge in [-0.1, -0.05) is 98.3 Å². The van der Waals surface area contributed by atoms with Crippen molar-refractivity contribution < 1.29 is 18.0 Å². The van der Waals surface area contributed by atoms with Gasteiger partial charge in [0.05, 0.1) is 10.6 Å². The molecule has 0 spiro atoms. The summed E-state index contributed by atoms with van der Waals surface area (Å²) in [6.45, 7) is 11.8. The Kier molecular flexibility index (Phi) is 11.4. The van der Waals surface area contributed by atoms with Crippen molar-refractivity contribution in [2.45, 2.75) is 65.4 Å². The molecule has 242 valence electrons. The molecule has 0 heterocycles. The Hall–Kier alpha value is -4.43. The van der Waals surface area contributed by atoms with Crippen LogP contribution in [-0.4, -0.2) is 44.3 Å². The van der Waals surface area contributed by atoms with Gasteiger partial charge in [0.15, 0.2) is 0 Å². The molecule has 0 radical (unpaired) electrons. The summed E-state index contributed by atoms with van der Waals surface area (Å²) in [5.74, 6) is -0.541. The van der Waals surface area contributed by atoms with Crippen LogP contribution in [-0.2, 0) is 32.6 Å². The van der Waals surface area contributed by atoms with E-state index in [4.69, 9.17) is 0 Å². The highest BCUT2D eigenvalue weighted by Crippen LogP contribution is 2.29. The molecule has 0 saturated heterocycles. The maximum absolute atomic E-state index is 14.7. The van der Waals surface area contributed by atoms with Crippen LogP contribution in [0.15, 0.2) is 102 Å². The van der Waals surface area contributed by atoms with Crippen molar-refractivity contribution in [3.63, 3.8) is 0 Å². The number of carbonyl (C=O) groups excluding carboxylic acids is 2. The van der Waals surface area contributed by atoms with Gasteiger partial charge in [0.1, 0.15) is 12.6 Å². The van der Waals surface area contributed by atoms with Crippen LogP contribution >= 0.6 is 0 Å². The molecule has 8 heteroatoms. The zero-order valence-corrected chi connectivity index (χ0v) is 28.5. The number of sulfonamides is 1. The zero-order chi connectivity index (χ0) is 33.4. The molecule has 1 atom stereocenters. The summed E-state index contributed by atoms with van der Waals surface area (Å²) >= 11 is 0. The number of rotatable bonds is 13. The first-order chi connectivity index (χ1) is 21.9. The molecule has 4 aromatic carbocycles. The molecule has 0 unspecified atom stereocenters. The molecule has 0 aromatic heterocycles. The fraction of sp³-hybridized carbons (Fsp3) is 0.316. The Morgan fingerprint density at radius 3 is 2.04 bits per heavy atom. The molecule has 0 aliphatic heterocycles. The van der Waals surface area contributed by atoms with E-state index in [0.29, 0.717) is 12.2 Å². The maximum Gasteiger partial charge on any atom is 0.264 e. The van der Waals surface area contributed by atoms with Crippen molar-refractivity contribution in [2.75, 3.05) is 17.4 Å². The fourth-order valence-corrected chi connectivity index (χ4v) is 6.78. The number of benzene rings is 4. The van der Waals surface area contributed by atoms with Gasteiger partial charge < -0.3 is 10.2 Å². The molecule has 0 aliphatic rings. The van der Waals surface area contributed by atoms with E-state index in [0.717, 1.165) is 33.4 Å². The number of hydrogen-bond donors (Lipinski definition) is 1. The number of anilines is 1. The van der Waals surface area contributed by atoms with Gasteiger partial charge >= 0.3 is 0 Å². The van der Waals surface area contributed by atoms with E-state index in [9.17, 15) is 18.0 Å². The summed E-state index contributed by atoms with van der Waals surface area (Å²) in [5.41, 5.74) is 5.76. The van der Waals surface area contributed by atoms with Crippen molar-refractivity contribution in [1.82, 2.24) is 10.2 Å². The van der Waals surface area contributed by atoms with Crippen molar-refractivity contribution in [2.24, 2.45) is 5.92 Å². The van der Waals surface area contributed by atoms with E-state index in [1.807, 2.05) is 102 Å². The number of nitrogens with one attached hydrogen (secondary N) is 1. The van der Waals surface area contributed by atoms with Crippen molar-refractivity contribution in [3.8, 4) is 0 Å². The topological polar surface area (TPSA) is 86.8 Å². The van der Waals surface area contributed by atoms with Gasteiger partial charge in [-0.3, -0.25) is 13.9 Å². The number of amides is 2. The quantitative estimate of drug-likeness (QED) is 0.180. The highest BCUT2D eigenvalue weighted by molar-refractivity contribution is 7.92. The highest BCUT2D eigenvalue weighted by atomic mass is 32.2. The summed E-state index contributed by atoms with van der Waals surface area (Å²) in [5, 5.41) is 3.04. The standard InChI is InChI=1S/C38H45N3O4S/c1-27(2)24-39-38(43)36(23-32-15-8-7-9-16-32)40(25-33-17-11-10-13-30(33)5)37(42)26-41(35-18-12-14-29(4)31(35)6)46(44,45)34-21-19-28(3)20-22-34/h7-22,27,36H,23-26H2,1-6H3,(H,39,43)/t36-/m0/s1. The van der Waals surface area contributed by atoms with E-state index in [2.05, 4.69) is 5.32 Å². The van der Waals surface area contributed by atoms with E-state index in [1.165, 1.54) is 4.31 Å². The normalized spacial score (nSPS) is 12.1. The Morgan fingerprint density at radius 1 is 0.761 bits per heavy atom. The fourth-order valence-electron chi connectivity index (χ4n) is 5.30. The second-order valence-corrected chi connectivity index (χ2v) is 14.2. The molecule has 4 aromatic rings. The minimum atomic E-state index is -4.16. The van der Waals surface area contributed by atoms with E-state index in [-0.39, 0.29) is 29.7 Å². The highest BCUT2D eigenvalue weighted by Gasteiger charge is 2.35. The van der Waals surface area contributed by atoms with Crippen LogP contribution in [0.25, 0.3) is 0 Å². The third kappa shape index (κ3) is 8.43. The van der Waals surface area contributed by atoms with Crippen LogP contribution in [0.2, 0.25) is 0 Å². The van der Waals surface area contributed by atoms with Crippen LogP contribution in [0.5, 0.6) is 0 Å². The predicted molar refractivity (Wildman–Crippen MR) is 185 cm³/mol. The first kappa shape index (κ1) is 34.4. The second kappa shape index (κ2) is 15.2. The average molecular weight is 640 g/mol. The van der Waals surface area contributed by atoms with Crippen LogP contribution < -0.4 is 9.62 Å². The monoisotopic (exact) mass is 639 g/mol. The van der Waals surface area contributed by atoms with Crippen LogP contribution in [0.4, 0.5) is 5.69 Å². The summed E-state index contributed by atoms with van der Waals surface area (Å²) in [6.07, 6.45) is 0.274. The number of aryl methyl sites for hydroxylation is 3. The van der Waals surface area contributed by atoms with E-state index >= 15 is 0 Å². The minimum absolute atomic E-state index is 0.0905. The summed E-state index contributed by atoms with van der Waals surface area (Å²) in [6, 6.07) is 28.5. The first-order valence-corrected chi connectivity index (χ1v) is 17.1. The van der Waals surface area contributed by atoms with Gasteiger partial charge in [-0.05, 0) is 79.6 Å². The van der Waals surface area contributed by atoms with Crippen LogP contribution in [0.3, 0.4) is 0 Å². The Labute approximate surface area is 274 Å². The first-order valence-electron chi connectivity index (χ1n) is 15.7. The third-order valence-electron chi connectivity index (χ3n) is 8.29. The lowest BCUT2D eigenvalue weighted by Gasteiger charge is -2.34. The maximum atomic E-state index is 14.7. The largest absolute Gasteiger partial charge is 0.354 e. The molecule has 0 fully saturated rings. The summed E-state index contributed by atoms with van der Waals surface area (Å²) < 4.78 is 29.8. The smallest absolute Gasteiger partial charge is 0.264 e. The molecule has 1 N–H and O–H groups in total. The van der Waals surface area contributed by atoms with Gasteiger partial charge in [-0.25, -0.2) is 8.42 Å². The Bertz CT molecular complexity index is 1750. The number of carbonyl (C=O) groups is 2. The SMILES string of the molecule is Cc1ccc(S(=O)(=O)N(CC(=O)N(Cc2ccccc2C)[C@@H](Cc2ccccc2)C(=O)NCC(C)C)c2cccc(C)c2C)cc1. The van der Waals surface area contributed by atoms with Gasteiger partial charge in [0.2, 0.25) is 11.8 Å². The van der Waals surface area contributed by atoms with Gasteiger partial charge in [-0.2, -0.15) is 0 Å². The molecule has 7 nitrogen and oxygen atoms in total. The van der Waals surface area contributed by atoms with Gasteiger partial charge in [0.25, 0.3) is 10.0 Å². The molecular weight excluding hydrogens is 595 g/mol. The zero-order valence-electron chi connectivity index (χ0n) is 27.7. The molecule has 46 heavy (non-hydrogen) atoms. The summed E-state index contributed by atoms with van der Waals surface area (Å²) in [7, 11) is -4.16. The lowest BCUT2D eigenvalue weighted by molar-refractivity contribution is -0.140. The minimum Gasteiger partial charge on any atom is -0.354 e. The molecule has 4 rings (SSSR count). The van der Waals surface area contributed by atoms with Crippen molar-refractivity contribution in [1.29, 1.82) is 0 Å². The van der Waals surface area contributed by atoms with Crippen molar-refractivity contribution in [3.05, 3.63) is 130 Å². The summed E-state index contributed by atoms with van der Waals surface area (Å²) in [4.78, 5) is 30.3.